The lowest BCUT2D eigenvalue weighted by atomic mass is 9.99. The zero-order valence-corrected chi connectivity index (χ0v) is 20.9. The SMILES string of the molecule is COc1ccc2nccc(CCC(CCC3CN(c4ccc5c(c4)OCCO5)C(=O)O3)NC(C)=O)c2n1. The highest BCUT2D eigenvalue weighted by Crippen LogP contribution is 2.35. The Labute approximate surface area is 214 Å². The third-order valence-electron chi connectivity index (χ3n) is 6.57. The number of hydrogen-bond donors (Lipinski definition) is 1. The number of pyridine rings is 2. The fraction of sp³-hybridized carbons (Fsp3) is 0.407. The van der Waals surface area contributed by atoms with Gasteiger partial charge in [-0.05, 0) is 55.5 Å². The number of methoxy groups -OCH3 is 1. The molecule has 1 N–H and O–H groups in total. The fourth-order valence-corrected chi connectivity index (χ4v) is 4.75. The summed E-state index contributed by atoms with van der Waals surface area (Å²) in [5, 5.41) is 3.05. The minimum atomic E-state index is -0.388. The average Bonchev–Trinajstić information content (AvgIpc) is 3.29. The number of anilines is 1. The summed E-state index contributed by atoms with van der Waals surface area (Å²) in [6, 6.07) is 11.0. The summed E-state index contributed by atoms with van der Waals surface area (Å²) in [6.45, 7) is 2.94. The first-order valence-electron chi connectivity index (χ1n) is 12.4. The Kier molecular flexibility index (Phi) is 7.25. The van der Waals surface area contributed by atoms with Crippen LogP contribution in [0.4, 0.5) is 10.5 Å². The largest absolute Gasteiger partial charge is 0.486 e. The summed E-state index contributed by atoms with van der Waals surface area (Å²) in [5.41, 5.74) is 3.34. The first-order valence-corrected chi connectivity index (χ1v) is 12.4. The van der Waals surface area contributed by atoms with Gasteiger partial charge in [-0.1, -0.05) is 0 Å². The third kappa shape index (κ3) is 5.68. The Hall–Kier alpha value is -4.08. The second-order valence-corrected chi connectivity index (χ2v) is 9.15. The monoisotopic (exact) mass is 506 g/mol. The van der Waals surface area contributed by atoms with Crippen LogP contribution in [0.3, 0.4) is 0 Å². The van der Waals surface area contributed by atoms with Crippen LogP contribution in [0.5, 0.6) is 17.4 Å². The predicted molar refractivity (Wildman–Crippen MR) is 136 cm³/mol. The molecule has 2 amide bonds. The first kappa shape index (κ1) is 24.6. The standard InChI is InChI=1S/C27H30N4O6/c1-17(32)29-19(4-3-18-11-12-28-22-8-10-25(34-2)30-26(18)22)5-7-21-16-31(27(33)37-21)20-6-9-23-24(15-20)36-14-13-35-23/h6,8-12,15,19,21H,3-5,7,13-14,16H2,1-2H3,(H,29,32). The van der Waals surface area contributed by atoms with E-state index in [2.05, 4.69) is 15.3 Å². The smallest absolute Gasteiger partial charge is 0.414 e. The van der Waals surface area contributed by atoms with Gasteiger partial charge in [0.1, 0.15) is 19.3 Å². The van der Waals surface area contributed by atoms with Crippen LogP contribution in [0.2, 0.25) is 0 Å². The molecule has 0 bridgehead atoms. The Balaban J connectivity index is 1.21. The van der Waals surface area contributed by atoms with E-state index in [1.165, 1.54) is 6.92 Å². The Morgan fingerprint density at radius 1 is 1.16 bits per heavy atom. The molecule has 37 heavy (non-hydrogen) atoms. The highest BCUT2D eigenvalue weighted by atomic mass is 16.6. The molecule has 0 aliphatic carbocycles. The van der Waals surface area contributed by atoms with Gasteiger partial charge < -0.3 is 24.3 Å². The van der Waals surface area contributed by atoms with Gasteiger partial charge in [0.05, 0.1) is 30.4 Å². The maximum atomic E-state index is 12.6. The summed E-state index contributed by atoms with van der Waals surface area (Å²) in [4.78, 5) is 35.1. The number of rotatable bonds is 9. The van der Waals surface area contributed by atoms with Crippen molar-refractivity contribution in [2.75, 3.05) is 31.8 Å². The molecule has 0 spiro atoms. The van der Waals surface area contributed by atoms with E-state index < -0.39 is 0 Å². The quantitative estimate of drug-likeness (QED) is 0.468. The van der Waals surface area contributed by atoms with Gasteiger partial charge >= 0.3 is 6.09 Å². The summed E-state index contributed by atoms with van der Waals surface area (Å²) in [7, 11) is 1.59. The number of ether oxygens (including phenoxy) is 4. The van der Waals surface area contributed by atoms with Crippen LogP contribution in [-0.2, 0) is 16.0 Å². The molecule has 0 saturated carbocycles. The van der Waals surface area contributed by atoms with Gasteiger partial charge in [-0.2, -0.15) is 0 Å². The minimum Gasteiger partial charge on any atom is -0.486 e. The molecule has 2 aromatic heterocycles. The topological polar surface area (TPSA) is 112 Å². The molecule has 2 aliphatic rings. The number of nitrogens with one attached hydrogen (secondary N) is 1. The van der Waals surface area contributed by atoms with Crippen molar-refractivity contribution in [3.05, 3.63) is 48.2 Å². The van der Waals surface area contributed by atoms with Crippen LogP contribution in [0.15, 0.2) is 42.6 Å². The van der Waals surface area contributed by atoms with Gasteiger partial charge in [0, 0.05) is 31.3 Å². The van der Waals surface area contributed by atoms with E-state index in [1.54, 1.807) is 30.3 Å². The summed E-state index contributed by atoms with van der Waals surface area (Å²) in [6.07, 6.45) is 3.82. The van der Waals surface area contributed by atoms with Crippen molar-refractivity contribution < 1.29 is 28.5 Å². The Bertz CT molecular complexity index is 1300. The molecule has 1 fully saturated rings. The van der Waals surface area contributed by atoms with Crippen LogP contribution in [0.1, 0.15) is 31.7 Å². The molecule has 194 valence electrons. The molecular formula is C27H30N4O6. The van der Waals surface area contributed by atoms with Crippen molar-refractivity contribution in [1.82, 2.24) is 15.3 Å². The Morgan fingerprint density at radius 2 is 2.00 bits per heavy atom. The van der Waals surface area contributed by atoms with Crippen LogP contribution in [0.25, 0.3) is 11.0 Å². The lowest BCUT2D eigenvalue weighted by Crippen LogP contribution is -2.34. The van der Waals surface area contributed by atoms with E-state index in [-0.39, 0.29) is 24.1 Å². The zero-order valence-electron chi connectivity index (χ0n) is 20.9. The molecule has 10 heteroatoms. The van der Waals surface area contributed by atoms with Crippen molar-refractivity contribution in [2.45, 2.75) is 44.8 Å². The molecular weight excluding hydrogens is 476 g/mol. The lowest BCUT2D eigenvalue weighted by molar-refractivity contribution is -0.119. The van der Waals surface area contributed by atoms with Crippen molar-refractivity contribution in [1.29, 1.82) is 0 Å². The molecule has 1 aromatic carbocycles. The third-order valence-corrected chi connectivity index (χ3v) is 6.57. The predicted octanol–water partition coefficient (Wildman–Crippen LogP) is 3.65. The molecule has 10 nitrogen and oxygen atoms in total. The number of carbonyl (C=O) groups excluding carboxylic acids is 2. The molecule has 2 unspecified atom stereocenters. The van der Waals surface area contributed by atoms with Crippen molar-refractivity contribution >= 4 is 28.7 Å². The van der Waals surface area contributed by atoms with Gasteiger partial charge in [0.25, 0.3) is 0 Å². The summed E-state index contributed by atoms with van der Waals surface area (Å²) >= 11 is 0. The number of aromatic nitrogens is 2. The fourth-order valence-electron chi connectivity index (χ4n) is 4.75. The summed E-state index contributed by atoms with van der Waals surface area (Å²) in [5.74, 6) is 1.74. The number of hydrogen-bond acceptors (Lipinski definition) is 8. The lowest BCUT2D eigenvalue weighted by Gasteiger charge is -2.21. The highest BCUT2D eigenvalue weighted by molar-refractivity contribution is 5.90. The number of nitrogens with zero attached hydrogens (tertiary/aromatic N) is 3. The average molecular weight is 507 g/mol. The number of aryl methyl sites for hydroxylation is 1. The van der Waals surface area contributed by atoms with Crippen molar-refractivity contribution in [3.8, 4) is 17.4 Å². The molecule has 4 heterocycles. The first-order chi connectivity index (χ1) is 18.0. The molecule has 2 atom stereocenters. The summed E-state index contributed by atoms with van der Waals surface area (Å²) < 4.78 is 22.1. The Morgan fingerprint density at radius 3 is 2.81 bits per heavy atom. The van der Waals surface area contributed by atoms with Crippen LogP contribution in [-0.4, -0.2) is 61.0 Å². The number of carbonyl (C=O) groups is 2. The van der Waals surface area contributed by atoms with E-state index in [0.29, 0.717) is 68.5 Å². The molecule has 2 aliphatic heterocycles. The van der Waals surface area contributed by atoms with Gasteiger partial charge in [-0.3, -0.25) is 14.7 Å². The normalized spacial score (nSPS) is 17.4. The second-order valence-electron chi connectivity index (χ2n) is 9.15. The highest BCUT2D eigenvalue weighted by Gasteiger charge is 2.33. The van der Waals surface area contributed by atoms with Crippen LogP contribution in [0, 0.1) is 0 Å². The molecule has 1 saturated heterocycles. The maximum absolute atomic E-state index is 12.6. The molecule has 3 aromatic rings. The molecule has 0 radical (unpaired) electrons. The van der Waals surface area contributed by atoms with E-state index >= 15 is 0 Å². The van der Waals surface area contributed by atoms with E-state index in [1.807, 2.05) is 24.3 Å². The molecule has 5 rings (SSSR count). The van der Waals surface area contributed by atoms with Crippen molar-refractivity contribution in [3.63, 3.8) is 0 Å². The van der Waals surface area contributed by atoms with E-state index in [9.17, 15) is 9.59 Å². The van der Waals surface area contributed by atoms with Gasteiger partial charge in [0.2, 0.25) is 11.8 Å². The minimum absolute atomic E-state index is 0.0756. The van der Waals surface area contributed by atoms with Gasteiger partial charge in [-0.15, -0.1) is 0 Å². The zero-order chi connectivity index (χ0) is 25.8. The number of cyclic esters (lactones) is 1. The number of benzene rings is 1. The van der Waals surface area contributed by atoms with Gasteiger partial charge in [-0.25, -0.2) is 9.78 Å². The van der Waals surface area contributed by atoms with Crippen LogP contribution < -0.4 is 24.4 Å². The van der Waals surface area contributed by atoms with E-state index in [4.69, 9.17) is 18.9 Å². The van der Waals surface area contributed by atoms with Crippen molar-refractivity contribution in [2.24, 2.45) is 0 Å². The van der Waals surface area contributed by atoms with Gasteiger partial charge in [0.15, 0.2) is 11.5 Å². The maximum Gasteiger partial charge on any atom is 0.414 e. The van der Waals surface area contributed by atoms with E-state index in [0.717, 1.165) is 16.6 Å². The van der Waals surface area contributed by atoms with Crippen LogP contribution >= 0.6 is 0 Å². The number of fused-ring (bicyclic) bond motifs is 2. The second kappa shape index (κ2) is 10.9. The number of amides is 2.